The summed E-state index contributed by atoms with van der Waals surface area (Å²) in [4.78, 5) is 23.4. The van der Waals surface area contributed by atoms with E-state index < -0.39 is 0 Å². The number of carbonyl (C=O) groups excluding carboxylic acids is 1. The van der Waals surface area contributed by atoms with Crippen molar-refractivity contribution in [3.8, 4) is 16.9 Å². The Morgan fingerprint density at radius 2 is 2.06 bits per heavy atom. The second kappa shape index (κ2) is 9.12. The molecule has 4 rings (SSSR count). The van der Waals surface area contributed by atoms with Crippen molar-refractivity contribution in [2.75, 3.05) is 25.9 Å². The lowest BCUT2D eigenvalue weighted by Gasteiger charge is -2.33. The van der Waals surface area contributed by atoms with Gasteiger partial charge < -0.3 is 15.4 Å². The Morgan fingerprint density at radius 3 is 2.81 bits per heavy atom. The molecule has 1 saturated heterocycles. The number of carbonyl (C=O) groups is 1. The van der Waals surface area contributed by atoms with E-state index in [9.17, 15) is 9.18 Å². The van der Waals surface area contributed by atoms with Gasteiger partial charge in [0.2, 0.25) is 11.9 Å². The van der Waals surface area contributed by atoms with Gasteiger partial charge in [-0.2, -0.15) is 0 Å². The molecule has 0 aliphatic carbocycles. The summed E-state index contributed by atoms with van der Waals surface area (Å²) in [7, 11) is 1.62. The average molecular weight is 420 g/mol. The maximum absolute atomic E-state index is 13.8. The van der Waals surface area contributed by atoms with Crippen molar-refractivity contribution in [1.29, 1.82) is 0 Å². The van der Waals surface area contributed by atoms with Crippen LogP contribution in [0.4, 0.5) is 10.3 Å². The van der Waals surface area contributed by atoms with Gasteiger partial charge in [0.05, 0.1) is 19.2 Å². The molecule has 1 aliphatic rings. The summed E-state index contributed by atoms with van der Waals surface area (Å²) < 4.78 is 19.0. The Kier molecular flexibility index (Phi) is 6.11. The third-order valence-corrected chi connectivity index (χ3v) is 5.65. The number of amides is 1. The van der Waals surface area contributed by atoms with Gasteiger partial charge in [-0.05, 0) is 48.2 Å². The van der Waals surface area contributed by atoms with Crippen molar-refractivity contribution in [2.24, 2.45) is 0 Å². The molecule has 0 bridgehead atoms. The maximum atomic E-state index is 13.8. The van der Waals surface area contributed by atoms with E-state index in [0.29, 0.717) is 25.1 Å². The first-order chi connectivity index (χ1) is 15.0. The first-order valence-corrected chi connectivity index (χ1v) is 10.3. The van der Waals surface area contributed by atoms with E-state index in [1.165, 1.54) is 12.1 Å². The van der Waals surface area contributed by atoms with Crippen molar-refractivity contribution in [3.05, 3.63) is 71.8 Å². The van der Waals surface area contributed by atoms with Gasteiger partial charge in [-0.1, -0.05) is 24.3 Å². The van der Waals surface area contributed by atoms with Crippen molar-refractivity contribution >= 4 is 11.9 Å². The number of rotatable bonds is 5. The highest BCUT2D eigenvalue weighted by Gasteiger charge is 2.28. The van der Waals surface area contributed by atoms with E-state index in [1.807, 2.05) is 35.2 Å². The lowest BCUT2D eigenvalue weighted by atomic mass is 9.89. The van der Waals surface area contributed by atoms with Crippen molar-refractivity contribution in [1.82, 2.24) is 14.9 Å². The number of anilines is 1. The number of nitrogens with two attached hydrogens (primary N) is 1. The summed E-state index contributed by atoms with van der Waals surface area (Å²) in [5.41, 5.74) is 9.04. The monoisotopic (exact) mass is 420 g/mol. The van der Waals surface area contributed by atoms with Crippen molar-refractivity contribution in [2.45, 2.75) is 25.2 Å². The molecule has 0 unspecified atom stereocenters. The third kappa shape index (κ3) is 4.82. The van der Waals surface area contributed by atoms with Gasteiger partial charge in [0.15, 0.2) is 0 Å². The van der Waals surface area contributed by atoms with Crippen LogP contribution in [0.2, 0.25) is 0 Å². The molecular formula is C24H25FN4O2. The van der Waals surface area contributed by atoms with Crippen LogP contribution in [0.15, 0.2) is 54.7 Å². The zero-order valence-electron chi connectivity index (χ0n) is 17.4. The number of aromatic nitrogens is 2. The van der Waals surface area contributed by atoms with E-state index in [2.05, 4.69) is 9.97 Å². The molecule has 0 radical (unpaired) electrons. The van der Waals surface area contributed by atoms with E-state index in [1.54, 1.807) is 19.4 Å². The number of hydrogen-bond acceptors (Lipinski definition) is 5. The molecule has 0 spiro atoms. The molecule has 3 aromatic rings. The number of nitrogens with zero attached hydrogens (tertiary/aromatic N) is 3. The summed E-state index contributed by atoms with van der Waals surface area (Å²) >= 11 is 0. The quantitative estimate of drug-likeness (QED) is 0.679. The lowest BCUT2D eigenvalue weighted by Crippen LogP contribution is -2.40. The fourth-order valence-corrected chi connectivity index (χ4v) is 4.06. The standard InChI is InChI=1S/C24H25FN4O2/c1-31-20-9-7-16(8-10-20)12-22(30)29-11-3-5-18(15-29)23-21(14-27-24(26)28-23)17-4-2-6-19(25)13-17/h2,4,6-10,13-14,18H,3,5,11-12,15H2,1H3,(H2,26,27,28)/t18-/m0/s1. The highest BCUT2D eigenvalue weighted by atomic mass is 19.1. The number of methoxy groups -OCH3 is 1. The lowest BCUT2D eigenvalue weighted by molar-refractivity contribution is -0.131. The van der Waals surface area contributed by atoms with E-state index in [-0.39, 0.29) is 23.6 Å². The second-order valence-corrected chi connectivity index (χ2v) is 7.74. The molecule has 2 heterocycles. The van der Waals surface area contributed by atoms with Crippen LogP contribution in [-0.4, -0.2) is 41.0 Å². The van der Waals surface area contributed by atoms with Crippen molar-refractivity contribution < 1.29 is 13.9 Å². The molecule has 7 heteroatoms. The number of piperidine rings is 1. The topological polar surface area (TPSA) is 81.3 Å². The Hall–Kier alpha value is -3.48. The van der Waals surface area contributed by atoms with Crippen LogP contribution in [-0.2, 0) is 11.2 Å². The minimum atomic E-state index is -0.319. The van der Waals surface area contributed by atoms with Crippen LogP contribution in [0, 0.1) is 5.82 Å². The largest absolute Gasteiger partial charge is 0.497 e. The molecule has 31 heavy (non-hydrogen) atoms. The summed E-state index contributed by atoms with van der Waals surface area (Å²) in [6.45, 7) is 1.26. The van der Waals surface area contributed by atoms with Gasteiger partial charge >= 0.3 is 0 Å². The van der Waals surface area contributed by atoms with Crippen LogP contribution in [0.1, 0.15) is 30.0 Å². The molecule has 1 atom stereocenters. The van der Waals surface area contributed by atoms with Crippen LogP contribution < -0.4 is 10.5 Å². The highest BCUT2D eigenvalue weighted by Crippen LogP contribution is 2.33. The third-order valence-electron chi connectivity index (χ3n) is 5.65. The minimum absolute atomic E-state index is 0.0112. The molecule has 1 aliphatic heterocycles. The number of likely N-dealkylation sites (tertiary alicyclic amines) is 1. The molecule has 2 aromatic carbocycles. The van der Waals surface area contributed by atoms with E-state index in [4.69, 9.17) is 10.5 Å². The Labute approximate surface area is 180 Å². The molecule has 1 fully saturated rings. The van der Waals surface area contributed by atoms with Crippen molar-refractivity contribution in [3.63, 3.8) is 0 Å². The fourth-order valence-electron chi connectivity index (χ4n) is 4.06. The fraction of sp³-hybridized carbons (Fsp3) is 0.292. The smallest absolute Gasteiger partial charge is 0.227 e. The van der Waals surface area contributed by atoms with Gasteiger partial charge in [0.1, 0.15) is 11.6 Å². The predicted octanol–water partition coefficient (Wildman–Crippen LogP) is 3.82. The Bertz CT molecular complexity index is 1070. The molecule has 1 aromatic heterocycles. The zero-order valence-corrected chi connectivity index (χ0v) is 17.4. The summed E-state index contributed by atoms with van der Waals surface area (Å²) in [6.07, 6.45) is 3.72. The summed E-state index contributed by atoms with van der Waals surface area (Å²) in [6, 6.07) is 13.9. The SMILES string of the molecule is COc1ccc(CC(=O)N2CCC[C@H](c3nc(N)ncc3-c3cccc(F)c3)C2)cc1. The van der Waals surface area contributed by atoms with Crippen LogP contribution in [0.5, 0.6) is 5.75 Å². The number of hydrogen-bond donors (Lipinski definition) is 1. The highest BCUT2D eigenvalue weighted by molar-refractivity contribution is 5.79. The summed E-state index contributed by atoms with van der Waals surface area (Å²) in [5.74, 6) is 0.707. The maximum Gasteiger partial charge on any atom is 0.227 e. The Morgan fingerprint density at radius 1 is 1.26 bits per heavy atom. The normalized spacial score (nSPS) is 16.2. The van der Waals surface area contributed by atoms with Crippen LogP contribution >= 0.6 is 0 Å². The van der Waals surface area contributed by atoms with E-state index in [0.717, 1.165) is 35.4 Å². The molecule has 2 N–H and O–H groups in total. The minimum Gasteiger partial charge on any atom is -0.497 e. The Balaban J connectivity index is 1.54. The molecular weight excluding hydrogens is 395 g/mol. The first kappa shape index (κ1) is 20.8. The van der Waals surface area contributed by atoms with Gasteiger partial charge in [0, 0.05) is 30.8 Å². The van der Waals surface area contributed by atoms with Crippen LogP contribution in [0.25, 0.3) is 11.1 Å². The van der Waals surface area contributed by atoms with Gasteiger partial charge in [0.25, 0.3) is 0 Å². The van der Waals surface area contributed by atoms with Gasteiger partial charge in [-0.15, -0.1) is 0 Å². The predicted molar refractivity (Wildman–Crippen MR) is 117 cm³/mol. The number of halogens is 1. The first-order valence-electron chi connectivity index (χ1n) is 10.3. The van der Waals surface area contributed by atoms with Gasteiger partial charge in [-0.25, -0.2) is 14.4 Å². The summed E-state index contributed by atoms with van der Waals surface area (Å²) in [5, 5.41) is 0. The number of ether oxygens (including phenoxy) is 1. The second-order valence-electron chi connectivity index (χ2n) is 7.74. The number of benzene rings is 2. The molecule has 160 valence electrons. The molecule has 6 nitrogen and oxygen atoms in total. The average Bonchev–Trinajstić information content (AvgIpc) is 2.79. The molecule has 0 saturated carbocycles. The van der Waals surface area contributed by atoms with Gasteiger partial charge in [-0.3, -0.25) is 4.79 Å². The van der Waals surface area contributed by atoms with E-state index >= 15 is 0 Å². The van der Waals surface area contributed by atoms with Crippen LogP contribution in [0.3, 0.4) is 0 Å². The molecule has 1 amide bonds. The zero-order chi connectivity index (χ0) is 21.8. The number of nitrogen functional groups attached to an aromatic ring is 1.